The average molecular weight is 197 g/mol. The van der Waals surface area contributed by atoms with Crippen LogP contribution in [0.1, 0.15) is 44.9 Å². The summed E-state index contributed by atoms with van der Waals surface area (Å²) in [4.78, 5) is 0. The quantitative estimate of drug-likeness (QED) is 0.660. The largest absolute Gasteiger partial charge is 0.377 e. The van der Waals surface area contributed by atoms with Crippen LogP contribution in [0.5, 0.6) is 0 Å². The standard InChI is InChI=1S/C12H23NO/c1-4-11(5-1)6-2-8-13-10-12-7-3-9-14-12/h11-13H,1-10H2/t12-/m1/s1. The maximum atomic E-state index is 5.55. The highest BCUT2D eigenvalue weighted by atomic mass is 16.5. The number of hydrogen-bond acceptors (Lipinski definition) is 2. The molecule has 0 aromatic rings. The third-order valence-corrected chi connectivity index (χ3v) is 3.59. The lowest BCUT2D eigenvalue weighted by Gasteiger charge is -2.25. The average Bonchev–Trinajstić information content (AvgIpc) is 2.60. The first kappa shape index (κ1) is 10.4. The van der Waals surface area contributed by atoms with Crippen molar-refractivity contribution >= 4 is 0 Å². The van der Waals surface area contributed by atoms with Crippen molar-refractivity contribution < 1.29 is 4.74 Å². The van der Waals surface area contributed by atoms with Crippen LogP contribution in [-0.4, -0.2) is 25.8 Å². The van der Waals surface area contributed by atoms with Gasteiger partial charge in [0.25, 0.3) is 0 Å². The molecule has 82 valence electrons. The Bertz CT molecular complexity index is 150. The van der Waals surface area contributed by atoms with Gasteiger partial charge in [-0.25, -0.2) is 0 Å². The third-order valence-electron chi connectivity index (χ3n) is 3.59. The van der Waals surface area contributed by atoms with Crippen LogP contribution in [0, 0.1) is 5.92 Å². The second-order valence-corrected chi connectivity index (χ2v) is 4.78. The number of nitrogens with one attached hydrogen (secondary N) is 1. The van der Waals surface area contributed by atoms with Gasteiger partial charge in [-0.15, -0.1) is 0 Å². The molecule has 14 heavy (non-hydrogen) atoms. The van der Waals surface area contributed by atoms with Gasteiger partial charge in [0.2, 0.25) is 0 Å². The van der Waals surface area contributed by atoms with Crippen molar-refractivity contribution in [1.29, 1.82) is 0 Å². The van der Waals surface area contributed by atoms with Crippen LogP contribution < -0.4 is 5.32 Å². The van der Waals surface area contributed by atoms with E-state index in [-0.39, 0.29) is 0 Å². The van der Waals surface area contributed by atoms with Crippen LogP contribution in [-0.2, 0) is 4.74 Å². The molecule has 0 amide bonds. The minimum absolute atomic E-state index is 0.513. The van der Waals surface area contributed by atoms with E-state index in [1.54, 1.807) is 0 Å². The van der Waals surface area contributed by atoms with E-state index in [1.165, 1.54) is 51.5 Å². The van der Waals surface area contributed by atoms with E-state index in [0.717, 1.165) is 19.1 Å². The lowest BCUT2D eigenvalue weighted by molar-refractivity contribution is 0.110. The smallest absolute Gasteiger partial charge is 0.0700 e. The Morgan fingerprint density at radius 1 is 1.14 bits per heavy atom. The summed E-state index contributed by atoms with van der Waals surface area (Å²) in [6.07, 6.45) is 10.3. The zero-order chi connectivity index (χ0) is 9.64. The summed E-state index contributed by atoms with van der Waals surface area (Å²) in [6, 6.07) is 0. The topological polar surface area (TPSA) is 21.3 Å². The molecule has 1 heterocycles. The van der Waals surface area contributed by atoms with Crippen molar-refractivity contribution in [2.75, 3.05) is 19.7 Å². The fourth-order valence-corrected chi connectivity index (χ4v) is 2.37. The first-order valence-electron chi connectivity index (χ1n) is 6.27. The van der Waals surface area contributed by atoms with Gasteiger partial charge in [-0.1, -0.05) is 19.3 Å². The fourth-order valence-electron chi connectivity index (χ4n) is 2.37. The van der Waals surface area contributed by atoms with Crippen molar-refractivity contribution in [3.05, 3.63) is 0 Å². The van der Waals surface area contributed by atoms with Crippen LogP contribution in [0.3, 0.4) is 0 Å². The van der Waals surface area contributed by atoms with Crippen molar-refractivity contribution in [2.24, 2.45) is 5.92 Å². The van der Waals surface area contributed by atoms with Crippen molar-refractivity contribution in [3.8, 4) is 0 Å². The van der Waals surface area contributed by atoms with Crippen molar-refractivity contribution in [2.45, 2.75) is 51.0 Å². The second kappa shape index (κ2) is 5.72. The second-order valence-electron chi connectivity index (χ2n) is 4.78. The van der Waals surface area contributed by atoms with Gasteiger partial charge in [0.15, 0.2) is 0 Å². The molecule has 0 bridgehead atoms. The molecule has 1 N–H and O–H groups in total. The Balaban J connectivity index is 1.39. The summed E-state index contributed by atoms with van der Waals surface area (Å²) in [7, 11) is 0. The minimum Gasteiger partial charge on any atom is -0.377 e. The van der Waals surface area contributed by atoms with Gasteiger partial charge in [0.1, 0.15) is 0 Å². The van der Waals surface area contributed by atoms with E-state index in [9.17, 15) is 0 Å². The van der Waals surface area contributed by atoms with E-state index in [1.807, 2.05) is 0 Å². The summed E-state index contributed by atoms with van der Waals surface area (Å²) < 4.78 is 5.55. The van der Waals surface area contributed by atoms with Crippen molar-refractivity contribution in [3.63, 3.8) is 0 Å². The molecule has 2 aliphatic rings. The molecular weight excluding hydrogens is 174 g/mol. The van der Waals surface area contributed by atoms with Gasteiger partial charge in [-0.3, -0.25) is 0 Å². The molecule has 1 aliphatic heterocycles. The molecule has 0 unspecified atom stereocenters. The summed E-state index contributed by atoms with van der Waals surface area (Å²) in [5, 5.41) is 3.51. The van der Waals surface area contributed by atoms with E-state index < -0.39 is 0 Å². The predicted octanol–water partition coefficient (Wildman–Crippen LogP) is 2.34. The van der Waals surface area contributed by atoms with Gasteiger partial charge < -0.3 is 10.1 Å². The maximum Gasteiger partial charge on any atom is 0.0700 e. The highest BCUT2D eigenvalue weighted by Gasteiger charge is 2.17. The highest BCUT2D eigenvalue weighted by Crippen LogP contribution is 2.30. The van der Waals surface area contributed by atoms with Gasteiger partial charge >= 0.3 is 0 Å². The molecule has 1 aliphatic carbocycles. The van der Waals surface area contributed by atoms with Crippen LogP contribution in [0.25, 0.3) is 0 Å². The minimum atomic E-state index is 0.513. The van der Waals surface area contributed by atoms with Gasteiger partial charge in [0, 0.05) is 13.2 Å². The van der Waals surface area contributed by atoms with Gasteiger partial charge in [-0.2, -0.15) is 0 Å². The summed E-state index contributed by atoms with van der Waals surface area (Å²) in [5.74, 6) is 1.07. The predicted molar refractivity (Wildman–Crippen MR) is 58.4 cm³/mol. The maximum absolute atomic E-state index is 5.55. The van der Waals surface area contributed by atoms with Crippen LogP contribution in [0.4, 0.5) is 0 Å². The lowest BCUT2D eigenvalue weighted by atomic mass is 9.82. The normalized spacial score (nSPS) is 27.9. The monoisotopic (exact) mass is 197 g/mol. The van der Waals surface area contributed by atoms with Crippen LogP contribution >= 0.6 is 0 Å². The van der Waals surface area contributed by atoms with E-state index in [4.69, 9.17) is 4.74 Å². The van der Waals surface area contributed by atoms with Gasteiger partial charge in [-0.05, 0) is 38.1 Å². The molecule has 1 atom stereocenters. The highest BCUT2D eigenvalue weighted by molar-refractivity contribution is 4.71. The molecule has 0 spiro atoms. The van der Waals surface area contributed by atoms with Crippen LogP contribution in [0.15, 0.2) is 0 Å². The molecule has 2 rings (SSSR count). The Morgan fingerprint density at radius 2 is 2.07 bits per heavy atom. The Kier molecular flexibility index (Phi) is 4.26. The number of rotatable bonds is 6. The third kappa shape index (κ3) is 3.25. The first-order valence-corrected chi connectivity index (χ1v) is 6.27. The van der Waals surface area contributed by atoms with Crippen molar-refractivity contribution in [1.82, 2.24) is 5.32 Å². The molecule has 2 fully saturated rings. The molecule has 0 aromatic heterocycles. The Labute approximate surface area is 87.4 Å². The summed E-state index contributed by atoms with van der Waals surface area (Å²) >= 11 is 0. The van der Waals surface area contributed by atoms with E-state index >= 15 is 0 Å². The molecule has 2 heteroatoms. The van der Waals surface area contributed by atoms with Gasteiger partial charge in [0.05, 0.1) is 6.10 Å². The van der Waals surface area contributed by atoms with E-state index in [2.05, 4.69) is 5.32 Å². The van der Waals surface area contributed by atoms with E-state index in [0.29, 0.717) is 6.10 Å². The lowest BCUT2D eigenvalue weighted by Crippen LogP contribution is -2.27. The first-order chi connectivity index (χ1) is 6.95. The zero-order valence-electron chi connectivity index (χ0n) is 9.13. The number of hydrogen-bond donors (Lipinski definition) is 1. The SMILES string of the molecule is C(CNC[C@H]1CCCO1)CC1CCC1. The molecule has 1 saturated heterocycles. The van der Waals surface area contributed by atoms with Crippen LogP contribution in [0.2, 0.25) is 0 Å². The fraction of sp³-hybridized carbons (Fsp3) is 1.00. The molecule has 1 saturated carbocycles. The summed E-state index contributed by atoms with van der Waals surface area (Å²) in [6.45, 7) is 3.25. The Hall–Kier alpha value is -0.0800. The Morgan fingerprint density at radius 3 is 2.71 bits per heavy atom. The molecule has 2 nitrogen and oxygen atoms in total. The number of ether oxygens (including phenoxy) is 1. The summed E-state index contributed by atoms with van der Waals surface area (Å²) in [5.41, 5.74) is 0. The molecule has 0 radical (unpaired) electrons. The zero-order valence-corrected chi connectivity index (χ0v) is 9.13. The molecular formula is C12H23NO. The molecule has 0 aromatic carbocycles.